The molecular formula is C14H24N2O4S. The third kappa shape index (κ3) is 3.85. The van der Waals surface area contributed by atoms with E-state index in [0.29, 0.717) is 12.8 Å². The molecule has 21 heavy (non-hydrogen) atoms. The molecule has 1 heterocycles. The zero-order valence-electron chi connectivity index (χ0n) is 13.2. The molecule has 1 aromatic rings. The van der Waals surface area contributed by atoms with Crippen LogP contribution in [0.25, 0.3) is 0 Å². The fraction of sp³-hybridized carbons (Fsp3) is 0.643. The number of aromatic carboxylic acids is 1. The van der Waals surface area contributed by atoms with E-state index in [1.54, 1.807) is 13.8 Å². The molecule has 0 aliphatic rings. The summed E-state index contributed by atoms with van der Waals surface area (Å²) in [6.45, 7) is 9.26. The number of sulfonamides is 1. The van der Waals surface area contributed by atoms with Crippen LogP contribution in [0.1, 0.15) is 64.0 Å². The standard InChI is InChI=1S/C14H24N2O4S/c1-6-14(5,7-2)15-21(19,20)11-8-12(13(17)18)16(9-11)10(3)4/h8-10,15H,6-7H2,1-5H3,(H,17,18). The van der Waals surface area contributed by atoms with Crippen molar-refractivity contribution in [3.05, 3.63) is 18.0 Å². The van der Waals surface area contributed by atoms with Crippen LogP contribution < -0.4 is 4.72 Å². The number of rotatable bonds is 7. The molecule has 0 aliphatic carbocycles. The minimum Gasteiger partial charge on any atom is -0.477 e. The molecule has 0 saturated heterocycles. The average molecular weight is 316 g/mol. The maximum absolute atomic E-state index is 12.5. The zero-order valence-corrected chi connectivity index (χ0v) is 14.0. The molecule has 1 aromatic heterocycles. The van der Waals surface area contributed by atoms with E-state index in [0.717, 1.165) is 0 Å². The van der Waals surface area contributed by atoms with Crippen LogP contribution in [0.3, 0.4) is 0 Å². The van der Waals surface area contributed by atoms with Gasteiger partial charge >= 0.3 is 5.97 Å². The molecule has 0 radical (unpaired) electrons. The molecule has 0 saturated carbocycles. The largest absolute Gasteiger partial charge is 0.477 e. The molecule has 0 bridgehead atoms. The summed E-state index contributed by atoms with van der Waals surface area (Å²) < 4.78 is 29.0. The second kappa shape index (κ2) is 6.19. The molecule has 1 rings (SSSR count). The number of carboxylic acids is 1. The highest BCUT2D eigenvalue weighted by Crippen LogP contribution is 2.22. The molecular weight excluding hydrogens is 292 g/mol. The van der Waals surface area contributed by atoms with Gasteiger partial charge in [0.25, 0.3) is 0 Å². The highest BCUT2D eigenvalue weighted by atomic mass is 32.2. The second-order valence-electron chi connectivity index (χ2n) is 5.74. The number of hydrogen-bond acceptors (Lipinski definition) is 3. The van der Waals surface area contributed by atoms with Crippen molar-refractivity contribution < 1.29 is 18.3 Å². The van der Waals surface area contributed by atoms with E-state index >= 15 is 0 Å². The normalized spacial score (nSPS) is 12.9. The zero-order chi connectivity index (χ0) is 16.4. The maximum Gasteiger partial charge on any atom is 0.352 e. The Morgan fingerprint density at radius 2 is 1.90 bits per heavy atom. The van der Waals surface area contributed by atoms with Gasteiger partial charge in [-0.05, 0) is 39.7 Å². The summed E-state index contributed by atoms with van der Waals surface area (Å²) in [4.78, 5) is 11.2. The monoisotopic (exact) mass is 316 g/mol. The lowest BCUT2D eigenvalue weighted by atomic mass is 9.98. The topological polar surface area (TPSA) is 88.4 Å². The summed E-state index contributed by atoms with van der Waals surface area (Å²) in [5, 5.41) is 9.18. The van der Waals surface area contributed by atoms with Gasteiger partial charge in [-0.25, -0.2) is 17.9 Å². The van der Waals surface area contributed by atoms with Crippen LogP contribution in [0.4, 0.5) is 0 Å². The van der Waals surface area contributed by atoms with E-state index < -0.39 is 21.5 Å². The first-order valence-corrected chi connectivity index (χ1v) is 8.53. The van der Waals surface area contributed by atoms with E-state index in [1.807, 2.05) is 20.8 Å². The predicted molar refractivity (Wildman–Crippen MR) is 81.1 cm³/mol. The van der Waals surface area contributed by atoms with Gasteiger partial charge in [-0.2, -0.15) is 0 Å². The molecule has 7 heteroatoms. The molecule has 120 valence electrons. The minimum atomic E-state index is -3.75. The average Bonchev–Trinajstić information content (AvgIpc) is 2.84. The summed E-state index contributed by atoms with van der Waals surface area (Å²) in [6.07, 6.45) is 2.68. The van der Waals surface area contributed by atoms with E-state index in [-0.39, 0.29) is 16.6 Å². The molecule has 0 aliphatic heterocycles. The number of carbonyl (C=O) groups is 1. The molecule has 0 aromatic carbocycles. The van der Waals surface area contributed by atoms with E-state index in [2.05, 4.69) is 4.72 Å². The van der Waals surface area contributed by atoms with Crippen LogP contribution in [0.15, 0.2) is 17.2 Å². The van der Waals surface area contributed by atoms with Gasteiger partial charge in [0.2, 0.25) is 10.0 Å². The van der Waals surface area contributed by atoms with Crippen LogP contribution >= 0.6 is 0 Å². The van der Waals surface area contributed by atoms with Gasteiger partial charge in [0.05, 0.1) is 0 Å². The summed E-state index contributed by atoms with van der Waals surface area (Å²) in [5.74, 6) is -1.14. The lowest BCUT2D eigenvalue weighted by Gasteiger charge is -2.27. The van der Waals surface area contributed by atoms with Crippen molar-refractivity contribution in [2.24, 2.45) is 0 Å². The van der Waals surface area contributed by atoms with Crippen LogP contribution in [-0.2, 0) is 10.0 Å². The number of nitrogens with one attached hydrogen (secondary N) is 1. The summed E-state index contributed by atoms with van der Waals surface area (Å²) in [7, 11) is -3.75. The van der Waals surface area contributed by atoms with Crippen LogP contribution in [0.5, 0.6) is 0 Å². The first-order chi connectivity index (χ1) is 9.56. The lowest BCUT2D eigenvalue weighted by Crippen LogP contribution is -2.44. The molecule has 0 atom stereocenters. The number of aromatic nitrogens is 1. The molecule has 0 amide bonds. The van der Waals surface area contributed by atoms with Crippen molar-refractivity contribution in [1.82, 2.24) is 9.29 Å². The van der Waals surface area contributed by atoms with Gasteiger partial charge in [-0.1, -0.05) is 13.8 Å². The molecule has 6 nitrogen and oxygen atoms in total. The fourth-order valence-corrected chi connectivity index (χ4v) is 3.55. The van der Waals surface area contributed by atoms with Crippen LogP contribution in [0.2, 0.25) is 0 Å². The van der Waals surface area contributed by atoms with Crippen LogP contribution in [0, 0.1) is 0 Å². The van der Waals surface area contributed by atoms with Crippen molar-refractivity contribution in [2.45, 2.75) is 63.9 Å². The molecule has 2 N–H and O–H groups in total. The van der Waals surface area contributed by atoms with E-state index in [9.17, 15) is 18.3 Å². The van der Waals surface area contributed by atoms with Crippen molar-refractivity contribution in [3.8, 4) is 0 Å². The van der Waals surface area contributed by atoms with Crippen molar-refractivity contribution in [2.75, 3.05) is 0 Å². The van der Waals surface area contributed by atoms with Crippen molar-refractivity contribution in [1.29, 1.82) is 0 Å². The Bertz CT molecular complexity index is 613. The van der Waals surface area contributed by atoms with Crippen LogP contribution in [-0.4, -0.2) is 29.6 Å². The summed E-state index contributed by atoms with van der Waals surface area (Å²) in [6, 6.07) is 1.07. The lowest BCUT2D eigenvalue weighted by molar-refractivity contribution is 0.0683. The van der Waals surface area contributed by atoms with Crippen molar-refractivity contribution in [3.63, 3.8) is 0 Å². The Balaban J connectivity index is 3.27. The van der Waals surface area contributed by atoms with E-state index in [1.165, 1.54) is 16.8 Å². The van der Waals surface area contributed by atoms with Gasteiger partial charge in [-0.15, -0.1) is 0 Å². The smallest absolute Gasteiger partial charge is 0.352 e. The first kappa shape index (κ1) is 17.7. The SMILES string of the molecule is CCC(C)(CC)NS(=O)(=O)c1cc(C(=O)O)n(C(C)C)c1. The fourth-order valence-electron chi connectivity index (χ4n) is 1.98. The Morgan fingerprint density at radius 3 is 2.24 bits per heavy atom. The maximum atomic E-state index is 12.5. The third-order valence-electron chi connectivity index (χ3n) is 3.85. The Morgan fingerprint density at radius 1 is 1.38 bits per heavy atom. The van der Waals surface area contributed by atoms with Gasteiger partial charge in [-0.3, -0.25) is 0 Å². The van der Waals surface area contributed by atoms with Crippen molar-refractivity contribution >= 4 is 16.0 Å². The second-order valence-corrected chi connectivity index (χ2v) is 7.42. The minimum absolute atomic E-state index is 0.0123. The molecule has 0 unspecified atom stereocenters. The molecule has 0 spiro atoms. The number of carboxylic acid groups (broad SMARTS) is 1. The Kier molecular flexibility index (Phi) is 5.22. The first-order valence-electron chi connectivity index (χ1n) is 7.05. The van der Waals surface area contributed by atoms with Gasteiger partial charge in [0.1, 0.15) is 10.6 Å². The van der Waals surface area contributed by atoms with Gasteiger partial charge < -0.3 is 9.67 Å². The molecule has 0 fully saturated rings. The quantitative estimate of drug-likeness (QED) is 0.809. The van der Waals surface area contributed by atoms with E-state index in [4.69, 9.17) is 0 Å². The van der Waals surface area contributed by atoms with Gasteiger partial charge in [0, 0.05) is 17.8 Å². The Labute approximate surface area is 126 Å². The predicted octanol–water partition coefficient (Wildman–Crippen LogP) is 2.62. The van der Waals surface area contributed by atoms with Gasteiger partial charge in [0.15, 0.2) is 0 Å². The number of nitrogens with zero attached hydrogens (tertiary/aromatic N) is 1. The third-order valence-corrected chi connectivity index (χ3v) is 5.46. The Hall–Kier alpha value is -1.34. The summed E-state index contributed by atoms with van der Waals surface area (Å²) in [5.41, 5.74) is -0.567. The highest BCUT2D eigenvalue weighted by molar-refractivity contribution is 7.89. The highest BCUT2D eigenvalue weighted by Gasteiger charge is 2.29. The summed E-state index contributed by atoms with van der Waals surface area (Å²) >= 11 is 0. The number of hydrogen-bond donors (Lipinski definition) is 2.